The number of methoxy groups -OCH3 is 1. The zero-order valence-corrected chi connectivity index (χ0v) is 10.5. The highest BCUT2D eigenvalue weighted by Crippen LogP contribution is 2.26. The van der Waals surface area contributed by atoms with E-state index in [2.05, 4.69) is 0 Å². The maximum Gasteiger partial charge on any atom is 0.270 e. The van der Waals surface area contributed by atoms with Gasteiger partial charge in [-0.25, -0.2) is 4.39 Å². The summed E-state index contributed by atoms with van der Waals surface area (Å²) in [5.41, 5.74) is 0.0785. The lowest BCUT2D eigenvalue weighted by Crippen LogP contribution is -2.05. The SMILES string of the molecule is COc1ccc([N+](=O)[O-])cc1C(=O)c1ccc(F)cc1. The molecule has 102 valence electrons. The van der Waals surface area contributed by atoms with Gasteiger partial charge in [0.25, 0.3) is 5.69 Å². The van der Waals surface area contributed by atoms with Gasteiger partial charge in [0.15, 0.2) is 5.78 Å². The van der Waals surface area contributed by atoms with Gasteiger partial charge in [-0.2, -0.15) is 0 Å². The van der Waals surface area contributed by atoms with Crippen LogP contribution in [-0.2, 0) is 0 Å². The van der Waals surface area contributed by atoms with Crippen molar-refractivity contribution in [2.75, 3.05) is 7.11 Å². The normalized spacial score (nSPS) is 10.1. The fourth-order valence-electron chi connectivity index (χ4n) is 1.74. The number of carbonyl (C=O) groups excluding carboxylic acids is 1. The molecule has 0 saturated heterocycles. The van der Waals surface area contributed by atoms with Crippen molar-refractivity contribution in [3.63, 3.8) is 0 Å². The molecule has 2 rings (SSSR count). The van der Waals surface area contributed by atoms with Gasteiger partial charge in [-0.05, 0) is 30.3 Å². The van der Waals surface area contributed by atoms with Gasteiger partial charge < -0.3 is 4.74 Å². The van der Waals surface area contributed by atoms with Gasteiger partial charge in [0.1, 0.15) is 11.6 Å². The second kappa shape index (κ2) is 5.48. The lowest BCUT2D eigenvalue weighted by atomic mass is 10.0. The van der Waals surface area contributed by atoms with Crippen molar-refractivity contribution in [1.82, 2.24) is 0 Å². The van der Waals surface area contributed by atoms with Crippen LogP contribution in [0.1, 0.15) is 15.9 Å². The molecular weight excluding hydrogens is 265 g/mol. The van der Waals surface area contributed by atoms with Crippen LogP contribution in [0.25, 0.3) is 0 Å². The standard InChI is InChI=1S/C14H10FNO4/c1-20-13-7-6-11(16(18)19)8-12(13)14(17)9-2-4-10(15)5-3-9/h2-8H,1H3. The van der Waals surface area contributed by atoms with Crippen molar-refractivity contribution in [2.45, 2.75) is 0 Å². The molecule has 20 heavy (non-hydrogen) atoms. The number of benzene rings is 2. The predicted molar refractivity (Wildman–Crippen MR) is 69.5 cm³/mol. The van der Waals surface area contributed by atoms with E-state index < -0.39 is 16.5 Å². The molecule has 5 nitrogen and oxygen atoms in total. The van der Waals surface area contributed by atoms with Crippen molar-refractivity contribution >= 4 is 11.5 Å². The molecule has 0 heterocycles. The van der Waals surface area contributed by atoms with Crippen LogP contribution in [0.4, 0.5) is 10.1 Å². The summed E-state index contributed by atoms with van der Waals surface area (Å²) in [6.07, 6.45) is 0. The van der Waals surface area contributed by atoms with E-state index in [1.54, 1.807) is 0 Å². The summed E-state index contributed by atoms with van der Waals surface area (Å²) in [6.45, 7) is 0. The third-order valence-corrected chi connectivity index (χ3v) is 2.74. The van der Waals surface area contributed by atoms with Crippen molar-refractivity contribution in [1.29, 1.82) is 0 Å². The maximum atomic E-state index is 12.8. The fourth-order valence-corrected chi connectivity index (χ4v) is 1.74. The number of ketones is 1. The number of nitrogens with zero attached hydrogens (tertiary/aromatic N) is 1. The smallest absolute Gasteiger partial charge is 0.270 e. The zero-order chi connectivity index (χ0) is 14.7. The van der Waals surface area contributed by atoms with E-state index in [0.717, 1.165) is 18.2 Å². The number of non-ortho nitro benzene ring substituents is 1. The summed E-state index contributed by atoms with van der Waals surface area (Å²) in [5, 5.41) is 10.8. The van der Waals surface area contributed by atoms with Crippen molar-refractivity contribution < 1.29 is 18.8 Å². The van der Waals surface area contributed by atoms with Crippen molar-refractivity contribution in [2.24, 2.45) is 0 Å². The number of rotatable bonds is 4. The molecule has 0 amide bonds. The Hall–Kier alpha value is -2.76. The minimum Gasteiger partial charge on any atom is -0.496 e. The minimum atomic E-state index is -0.596. The summed E-state index contributed by atoms with van der Waals surface area (Å²) in [7, 11) is 1.36. The molecule has 0 atom stereocenters. The second-order valence-electron chi connectivity index (χ2n) is 3.98. The summed E-state index contributed by atoms with van der Waals surface area (Å²) in [5.74, 6) is -0.706. The van der Waals surface area contributed by atoms with Gasteiger partial charge in [-0.15, -0.1) is 0 Å². The van der Waals surface area contributed by atoms with Crippen LogP contribution in [-0.4, -0.2) is 17.8 Å². The van der Waals surface area contributed by atoms with E-state index in [1.165, 1.54) is 31.4 Å². The fraction of sp³-hybridized carbons (Fsp3) is 0.0714. The van der Waals surface area contributed by atoms with E-state index >= 15 is 0 Å². The number of hydrogen-bond acceptors (Lipinski definition) is 4. The van der Waals surface area contributed by atoms with E-state index in [-0.39, 0.29) is 22.6 Å². The van der Waals surface area contributed by atoms with Gasteiger partial charge in [-0.1, -0.05) is 0 Å². The van der Waals surface area contributed by atoms with E-state index in [9.17, 15) is 19.3 Å². The minimum absolute atomic E-state index is 0.0632. The average Bonchev–Trinajstić information content (AvgIpc) is 2.46. The first-order valence-corrected chi connectivity index (χ1v) is 5.65. The van der Waals surface area contributed by atoms with Crippen molar-refractivity contribution in [3.8, 4) is 5.75 Å². The molecule has 0 aliphatic rings. The number of hydrogen-bond donors (Lipinski definition) is 0. The Morgan fingerprint density at radius 2 is 1.85 bits per heavy atom. The Kier molecular flexibility index (Phi) is 3.74. The van der Waals surface area contributed by atoms with Crippen LogP contribution >= 0.6 is 0 Å². The van der Waals surface area contributed by atoms with Gasteiger partial charge in [-0.3, -0.25) is 14.9 Å². The van der Waals surface area contributed by atoms with Crippen LogP contribution in [0.5, 0.6) is 5.75 Å². The molecule has 0 aromatic heterocycles. The van der Waals surface area contributed by atoms with Gasteiger partial charge >= 0.3 is 0 Å². The molecule has 0 fully saturated rings. The summed E-state index contributed by atoms with van der Waals surface area (Å²) in [4.78, 5) is 22.5. The molecule has 2 aromatic carbocycles. The van der Waals surface area contributed by atoms with Gasteiger partial charge in [0.05, 0.1) is 17.6 Å². The lowest BCUT2D eigenvalue weighted by Gasteiger charge is -2.07. The molecule has 0 radical (unpaired) electrons. The highest BCUT2D eigenvalue weighted by atomic mass is 19.1. The Balaban J connectivity index is 2.49. The maximum absolute atomic E-state index is 12.8. The summed E-state index contributed by atoms with van der Waals surface area (Å²) >= 11 is 0. The Labute approximate surface area is 113 Å². The van der Waals surface area contributed by atoms with Gasteiger partial charge in [0, 0.05) is 17.7 Å². The molecule has 0 saturated carbocycles. The Bertz CT molecular complexity index is 667. The third-order valence-electron chi connectivity index (χ3n) is 2.74. The lowest BCUT2D eigenvalue weighted by molar-refractivity contribution is -0.384. The second-order valence-corrected chi connectivity index (χ2v) is 3.98. The van der Waals surface area contributed by atoms with E-state index in [0.29, 0.717) is 0 Å². The average molecular weight is 275 g/mol. The molecular formula is C14H10FNO4. The number of carbonyl (C=O) groups is 1. The van der Waals surface area contributed by atoms with E-state index in [4.69, 9.17) is 4.74 Å². The quantitative estimate of drug-likeness (QED) is 0.488. The Morgan fingerprint density at radius 1 is 1.20 bits per heavy atom. The molecule has 0 unspecified atom stereocenters. The molecule has 2 aromatic rings. The monoisotopic (exact) mass is 275 g/mol. The van der Waals surface area contributed by atoms with Crippen LogP contribution < -0.4 is 4.74 Å². The van der Waals surface area contributed by atoms with Crippen LogP contribution in [0.3, 0.4) is 0 Å². The highest BCUT2D eigenvalue weighted by Gasteiger charge is 2.18. The summed E-state index contributed by atoms with van der Waals surface area (Å²) < 4.78 is 17.9. The predicted octanol–water partition coefficient (Wildman–Crippen LogP) is 2.97. The first-order chi connectivity index (χ1) is 9.52. The Morgan fingerprint density at radius 3 is 2.40 bits per heavy atom. The highest BCUT2D eigenvalue weighted by molar-refractivity contribution is 6.11. The number of nitro groups is 1. The zero-order valence-electron chi connectivity index (χ0n) is 10.5. The largest absolute Gasteiger partial charge is 0.496 e. The van der Waals surface area contributed by atoms with Gasteiger partial charge in [0.2, 0.25) is 0 Å². The topological polar surface area (TPSA) is 69.4 Å². The third kappa shape index (κ3) is 2.64. The first-order valence-electron chi connectivity index (χ1n) is 5.65. The molecule has 6 heteroatoms. The van der Waals surface area contributed by atoms with E-state index in [1.807, 2.05) is 0 Å². The summed E-state index contributed by atoms with van der Waals surface area (Å²) in [6, 6.07) is 8.68. The van der Waals surface area contributed by atoms with Crippen molar-refractivity contribution in [3.05, 3.63) is 69.5 Å². The molecule has 0 bridgehead atoms. The molecule has 0 N–H and O–H groups in total. The first kappa shape index (κ1) is 13.7. The molecule has 0 aliphatic carbocycles. The van der Waals surface area contributed by atoms with Crippen LogP contribution in [0.2, 0.25) is 0 Å². The van der Waals surface area contributed by atoms with Crippen LogP contribution in [0.15, 0.2) is 42.5 Å². The van der Waals surface area contributed by atoms with Crippen LogP contribution in [0, 0.1) is 15.9 Å². The number of ether oxygens (including phenoxy) is 1. The number of nitro benzene ring substituents is 1. The molecule has 0 aliphatic heterocycles. The molecule has 0 spiro atoms. The number of halogens is 1.